The molecule has 0 aliphatic carbocycles. The largest absolute Gasteiger partial charge is 0.383 e. The normalized spacial score (nSPS) is 17.9. The molecule has 1 fully saturated rings. The van der Waals surface area contributed by atoms with Gasteiger partial charge in [0.05, 0.1) is 6.61 Å². The van der Waals surface area contributed by atoms with Gasteiger partial charge in [-0.1, -0.05) is 30.4 Å². The van der Waals surface area contributed by atoms with Crippen molar-refractivity contribution in [1.29, 1.82) is 0 Å². The van der Waals surface area contributed by atoms with Crippen molar-refractivity contribution in [3.63, 3.8) is 0 Å². The molecule has 2 rings (SSSR count). The van der Waals surface area contributed by atoms with Crippen LogP contribution in [0.1, 0.15) is 29.5 Å². The number of methoxy groups -OCH3 is 1. The third kappa shape index (κ3) is 4.19. The van der Waals surface area contributed by atoms with Gasteiger partial charge in [0.15, 0.2) is 0 Å². The molecule has 2 heteroatoms. The maximum absolute atomic E-state index is 5.15. The molecule has 2 nitrogen and oxygen atoms in total. The molecule has 1 heterocycles. The van der Waals surface area contributed by atoms with E-state index in [1.54, 1.807) is 7.11 Å². The number of nitrogens with zero attached hydrogens (tertiary/aromatic N) is 1. The van der Waals surface area contributed by atoms with Gasteiger partial charge in [-0.15, -0.1) is 0 Å². The third-order valence-electron chi connectivity index (χ3n) is 4.32. The van der Waals surface area contributed by atoms with Gasteiger partial charge >= 0.3 is 0 Å². The van der Waals surface area contributed by atoms with Gasteiger partial charge in [0.1, 0.15) is 0 Å². The minimum Gasteiger partial charge on any atom is -0.383 e. The fourth-order valence-electron chi connectivity index (χ4n) is 2.91. The number of ether oxygens (including phenoxy) is 1. The molecule has 1 aliphatic heterocycles. The predicted octanol–water partition coefficient (Wildman–Crippen LogP) is 3.68. The summed E-state index contributed by atoms with van der Waals surface area (Å²) < 4.78 is 5.15. The van der Waals surface area contributed by atoms with Crippen LogP contribution in [0, 0.1) is 19.8 Å². The summed E-state index contributed by atoms with van der Waals surface area (Å²) in [6.07, 6.45) is 7.29. The van der Waals surface area contributed by atoms with Gasteiger partial charge in [-0.3, -0.25) is 0 Å². The van der Waals surface area contributed by atoms with Gasteiger partial charge < -0.3 is 9.64 Å². The van der Waals surface area contributed by atoms with Crippen LogP contribution in [0.3, 0.4) is 0 Å². The first-order valence-electron chi connectivity index (χ1n) is 7.66. The van der Waals surface area contributed by atoms with E-state index in [4.69, 9.17) is 4.74 Å². The molecule has 0 unspecified atom stereocenters. The minimum atomic E-state index is 0.729. The van der Waals surface area contributed by atoms with E-state index in [0.717, 1.165) is 19.1 Å². The molecule has 1 saturated heterocycles. The second kappa shape index (κ2) is 7.61. The second-order valence-corrected chi connectivity index (χ2v) is 5.84. The van der Waals surface area contributed by atoms with Crippen molar-refractivity contribution in [2.24, 2.45) is 5.92 Å². The summed E-state index contributed by atoms with van der Waals surface area (Å²) in [7, 11) is 1.78. The Hall–Kier alpha value is -1.12. The molecule has 0 atom stereocenters. The quantitative estimate of drug-likeness (QED) is 0.811. The Morgan fingerprint density at radius 2 is 1.85 bits per heavy atom. The molecule has 1 aromatic rings. The number of hydrogen-bond acceptors (Lipinski definition) is 2. The van der Waals surface area contributed by atoms with Gasteiger partial charge in [-0.25, -0.2) is 0 Å². The highest BCUT2D eigenvalue weighted by molar-refractivity contribution is 5.57. The van der Waals surface area contributed by atoms with E-state index >= 15 is 0 Å². The molecule has 0 radical (unpaired) electrons. The highest BCUT2D eigenvalue weighted by Gasteiger charge is 2.16. The Labute approximate surface area is 123 Å². The zero-order valence-electron chi connectivity index (χ0n) is 13.1. The lowest BCUT2D eigenvalue weighted by Gasteiger charge is -2.30. The van der Waals surface area contributed by atoms with Crippen molar-refractivity contribution in [1.82, 2.24) is 4.90 Å². The summed E-state index contributed by atoms with van der Waals surface area (Å²) in [5.74, 6) is 0.729. The maximum Gasteiger partial charge on any atom is 0.0589 e. The lowest BCUT2D eigenvalue weighted by Crippen LogP contribution is -2.35. The zero-order chi connectivity index (χ0) is 14.4. The van der Waals surface area contributed by atoms with Crippen LogP contribution in [0.15, 0.2) is 24.3 Å². The van der Waals surface area contributed by atoms with Crippen molar-refractivity contribution < 1.29 is 4.74 Å². The molecular formula is C18H27NO. The minimum absolute atomic E-state index is 0.729. The number of hydrogen-bond donors (Lipinski definition) is 0. The van der Waals surface area contributed by atoms with Crippen LogP contribution in [-0.2, 0) is 4.74 Å². The van der Waals surface area contributed by atoms with Gasteiger partial charge in [0, 0.05) is 13.7 Å². The SMILES string of the molecule is COCCN1CCC(/C=C/c2c(C)cccc2C)CC1. The summed E-state index contributed by atoms with van der Waals surface area (Å²) in [4.78, 5) is 2.51. The lowest BCUT2D eigenvalue weighted by molar-refractivity contribution is 0.127. The molecule has 0 aromatic heterocycles. The Morgan fingerprint density at radius 3 is 2.45 bits per heavy atom. The Kier molecular flexibility index (Phi) is 5.81. The smallest absolute Gasteiger partial charge is 0.0589 e. The van der Waals surface area contributed by atoms with Crippen molar-refractivity contribution in [2.45, 2.75) is 26.7 Å². The second-order valence-electron chi connectivity index (χ2n) is 5.84. The standard InChI is InChI=1S/C18H27NO/c1-15-5-4-6-16(2)18(15)8-7-17-9-11-19(12-10-17)13-14-20-3/h4-8,17H,9-14H2,1-3H3/b8-7+. The summed E-state index contributed by atoms with van der Waals surface area (Å²) in [6.45, 7) is 8.71. The summed E-state index contributed by atoms with van der Waals surface area (Å²) in [5, 5.41) is 0. The van der Waals surface area contributed by atoms with Crippen molar-refractivity contribution in [3.05, 3.63) is 41.0 Å². The molecule has 1 aliphatic rings. The Bertz CT molecular complexity index is 424. The van der Waals surface area contributed by atoms with E-state index in [9.17, 15) is 0 Å². The molecule has 20 heavy (non-hydrogen) atoms. The van der Waals surface area contributed by atoms with Crippen LogP contribution in [0.25, 0.3) is 6.08 Å². The molecule has 0 spiro atoms. The van der Waals surface area contributed by atoms with E-state index in [2.05, 4.69) is 49.1 Å². The van der Waals surface area contributed by atoms with Crippen LogP contribution >= 0.6 is 0 Å². The highest BCUT2D eigenvalue weighted by Crippen LogP contribution is 2.21. The maximum atomic E-state index is 5.15. The fraction of sp³-hybridized carbons (Fsp3) is 0.556. The van der Waals surface area contributed by atoms with E-state index in [1.807, 2.05) is 0 Å². The van der Waals surface area contributed by atoms with E-state index in [-0.39, 0.29) is 0 Å². The first kappa shape index (κ1) is 15.3. The van der Waals surface area contributed by atoms with Crippen LogP contribution in [-0.4, -0.2) is 38.3 Å². The molecule has 0 amide bonds. The number of rotatable bonds is 5. The Morgan fingerprint density at radius 1 is 1.20 bits per heavy atom. The van der Waals surface area contributed by atoms with Crippen LogP contribution in [0.4, 0.5) is 0 Å². The molecule has 1 aromatic carbocycles. The van der Waals surface area contributed by atoms with Crippen LogP contribution in [0.2, 0.25) is 0 Å². The van der Waals surface area contributed by atoms with Gasteiger partial charge in [0.25, 0.3) is 0 Å². The first-order valence-corrected chi connectivity index (χ1v) is 7.66. The van der Waals surface area contributed by atoms with Crippen LogP contribution in [0.5, 0.6) is 0 Å². The average Bonchev–Trinajstić information content (AvgIpc) is 2.46. The molecule has 110 valence electrons. The third-order valence-corrected chi connectivity index (χ3v) is 4.32. The summed E-state index contributed by atoms with van der Waals surface area (Å²) >= 11 is 0. The monoisotopic (exact) mass is 273 g/mol. The summed E-state index contributed by atoms with van der Waals surface area (Å²) in [5.41, 5.74) is 4.15. The van der Waals surface area contributed by atoms with Gasteiger partial charge in [-0.05, 0) is 62.4 Å². The topological polar surface area (TPSA) is 12.5 Å². The van der Waals surface area contributed by atoms with E-state index in [1.165, 1.54) is 42.6 Å². The van der Waals surface area contributed by atoms with E-state index in [0.29, 0.717) is 0 Å². The highest BCUT2D eigenvalue weighted by atomic mass is 16.5. The van der Waals surface area contributed by atoms with Crippen LogP contribution < -0.4 is 0 Å². The van der Waals surface area contributed by atoms with Gasteiger partial charge in [-0.2, -0.15) is 0 Å². The molecule has 0 saturated carbocycles. The summed E-state index contributed by atoms with van der Waals surface area (Å²) in [6, 6.07) is 6.52. The number of benzene rings is 1. The predicted molar refractivity (Wildman–Crippen MR) is 86.0 cm³/mol. The molecular weight excluding hydrogens is 246 g/mol. The zero-order valence-corrected chi connectivity index (χ0v) is 13.1. The van der Waals surface area contributed by atoms with E-state index < -0.39 is 0 Å². The fourth-order valence-corrected chi connectivity index (χ4v) is 2.91. The lowest BCUT2D eigenvalue weighted by atomic mass is 9.94. The number of allylic oxidation sites excluding steroid dienone is 1. The Balaban J connectivity index is 1.87. The van der Waals surface area contributed by atoms with Gasteiger partial charge in [0.2, 0.25) is 0 Å². The van der Waals surface area contributed by atoms with Crippen molar-refractivity contribution in [3.8, 4) is 0 Å². The molecule has 0 bridgehead atoms. The first-order chi connectivity index (χ1) is 9.70. The number of likely N-dealkylation sites (tertiary alicyclic amines) is 1. The number of piperidine rings is 1. The van der Waals surface area contributed by atoms with Crippen molar-refractivity contribution >= 4 is 6.08 Å². The number of aryl methyl sites for hydroxylation is 2. The molecule has 0 N–H and O–H groups in total. The van der Waals surface area contributed by atoms with Crippen molar-refractivity contribution in [2.75, 3.05) is 33.4 Å². The average molecular weight is 273 g/mol.